The van der Waals surface area contributed by atoms with Crippen molar-refractivity contribution >= 4 is 11.8 Å². The molecule has 1 N–H and O–H groups in total. The molecule has 0 fully saturated rings. The molecule has 2 amide bonds. The number of fused-ring (bicyclic) bond motifs is 1. The standard InChI is InChI=1S/C20H19N5O2/c26-19-15-7-3-4-8-16(15)20(27)25(19)11-5-1-2-6-14-9-10-17(21-12-14)18-13-22-24-23-18/h3-4,7-10,12-13H,1-2,5-6,11H2,(H,22,23,24). The van der Waals surface area contributed by atoms with Gasteiger partial charge in [-0.1, -0.05) is 24.6 Å². The number of amides is 2. The molecular formula is C20H19N5O2. The molecular weight excluding hydrogens is 342 g/mol. The third-order valence-corrected chi connectivity index (χ3v) is 4.73. The molecule has 0 saturated carbocycles. The summed E-state index contributed by atoms with van der Waals surface area (Å²) in [6, 6.07) is 11.0. The average Bonchev–Trinajstić information content (AvgIpc) is 3.32. The van der Waals surface area contributed by atoms with Crippen molar-refractivity contribution in [2.24, 2.45) is 0 Å². The van der Waals surface area contributed by atoms with Crippen LogP contribution < -0.4 is 0 Å². The Morgan fingerprint density at radius 3 is 2.26 bits per heavy atom. The lowest BCUT2D eigenvalue weighted by atomic mass is 10.1. The molecule has 0 spiro atoms. The van der Waals surface area contributed by atoms with Gasteiger partial charge in [0, 0.05) is 12.7 Å². The van der Waals surface area contributed by atoms with E-state index < -0.39 is 0 Å². The minimum absolute atomic E-state index is 0.178. The number of unbranched alkanes of at least 4 members (excludes halogenated alkanes) is 2. The van der Waals surface area contributed by atoms with E-state index in [9.17, 15) is 9.59 Å². The Morgan fingerprint density at radius 2 is 1.63 bits per heavy atom. The second-order valence-electron chi connectivity index (χ2n) is 6.53. The molecule has 0 bridgehead atoms. The molecule has 1 aromatic carbocycles. The summed E-state index contributed by atoms with van der Waals surface area (Å²) < 4.78 is 0. The van der Waals surface area contributed by atoms with Gasteiger partial charge in [0.15, 0.2) is 0 Å². The van der Waals surface area contributed by atoms with Crippen LogP contribution in [0.3, 0.4) is 0 Å². The SMILES string of the molecule is O=C1c2ccccc2C(=O)N1CCCCCc1ccc(-c2cn[nH]n2)nc1. The molecule has 7 heteroatoms. The molecule has 136 valence electrons. The van der Waals surface area contributed by atoms with E-state index in [0.29, 0.717) is 17.7 Å². The van der Waals surface area contributed by atoms with Crippen molar-refractivity contribution in [1.29, 1.82) is 0 Å². The van der Waals surface area contributed by atoms with Crippen LogP contribution in [0.1, 0.15) is 45.5 Å². The number of aromatic nitrogens is 4. The van der Waals surface area contributed by atoms with Crippen LogP contribution in [0, 0.1) is 0 Å². The van der Waals surface area contributed by atoms with Crippen LogP contribution in [0.25, 0.3) is 11.4 Å². The van der Waals surface area contributed by atoms with Crippen LogP contribution in [-0.2, 0) is 6.42 Å². The molecule has 7 nitrogen and oxygen atoms in total. The van der Waals surface area contributed by atoms with Gasteiger partial charge in [-0.05, 0) is 43.0 Å². The highest BCUT2D eigenvalue weighted by atomic mass is 16.2. The van der Waals surface area contributed by atoms with Crippen molar-refractivity contribution in [2.45, 2.75) is 25.7 Å². The number of benzene rings is 1. The number of H-pyrrole nitrogens is 1. The number of nitrogens with one attached hydrogen (secondary N) is 1. The van der Waals surface area contributed by atoms with Gasteiger partial charge in [-0.2, -0.15) is 15.4 Å². The number of nitrogens with zero attached hydrogens (tertiary/aromatic N) is 4. The molecule has 1 aliphatic rings. The lowest BCUT2D eigenvalue weighted by molar-refractivity contribution is 0.0651. The first-order valence-electron chi connectivity index (χ1n) is 9.00. The van der Waals surface area contributed by atoms with Crippen molar-refractivity contribution in [2.75, 3.05) is 6.54 Å². The smallest absolute Gasteiger partial charge is 0.261 e. The van der Waals surface area contributed by atoms with Gasteiger partial charge < -0.3 is 0 Å². The predicted molar refractivity (Wildman–Crippen MR) is 99.0 cm³/mol. The van der Waals surface area contributed by atoms with Crippen molar-refractivity contribution in [3.63, 3.8) is 0 Å². The molecule has 1 aliphatic heterocycles. The van der Waals surface area contributed by atoms with Gasteiger partial charge in [-0.15, -0.1) is 0 Å². The fourth-order valence-electron chi connectivity index (χ4n) is 3.27. The van der Waals surface area contributed by atoms with Gasteiger partial charge in [0.05, 0.1) is 23.0 Å². The number of carbonyl (C=O) groups is 2. The van der Waals surface area contributed by atoms with Crippen LogP contribution in [0.15, 0.2) is 48.8 Å². The summed E-state index contributed by atoms with van der Waals surface area (Å²) in [5.74, 6) is -0.355. The summed E-state index contributed by atoms with van der Waals surface area (Å²) >= 11 is 0. The van der Waals surface area contributed by atoms with Crippen LogP contribution in [0.2, 0.25) is 0 Å². The zero-order valence-corrected chi connectivity index (χ0v) is 14.8. The largest absolute Gasteiger partial charge is 0.274 e. The molecule has 3 aromatic rings. The highest BCUT2D eigenvalue weighted by Gasteiger charge is 2.34. The van der Waals surface area contributed by atoms with Crippen LogP contribution >= 0.6 is 0 Å². The zero-order valence-electron chi connectivity index (χ0n) is 14.8. The van der Waals surface area contributed by atoms with Crippen molar-refractivity contribution in [1.82, 2.24) is 25.3 Å². The molecule has 27 heavy (non-hydrogen) atoms. The average molecular weight is 361 g/mol. The van der Waals surface area contributed by atoms with Gasteiger partial charge in [-0.3, -0.25) is 19.5 Å². The topological polar surface area (TPSA) is 91.8 Å². The Morgan fingerprint density at radius 1 is 0.852 bits per heavy atom. The number of rotatable bonds is 7. The van der Waals surface area contributed by atoms with Crippen LogP contribution in [0.5, 0.6) is 0 Å². The molecule has 4 rings (SSSR count). The third-order valence-electron chi connectivity index (χ3n) is 4.73. The highest BCUT2D eigenvalue weighted by Crippen LogP contribution is 2.23. The zero-order chi connectivity index (χ0) is 18.6. The van der Waals surface area contributed by atoms with Crippen LogP contribution in [0.4, 0.5) is 0 Å². The van der Waals surface area contributed by atoms with E-state index >= 15 is 0 Å². The van der Waals surface area contributed by atoms with E-state index in [4.69, 9.17) is 0 Å². The van der Waals surface area contributed by atoms with E-state index in [-0.39, 0.29) is 11.8 Å². The summed E-state index contributed by atoms with van der Waals surface area (Å²) in [5.41, 5.74) is 3.70. The van der Waals surface area contributed by atoms with Crippen molar-refractivity contribution < 1.29 is 9.59 Å². The number of aryl methyl sites for hydroxylation is 1. The fraction of sp³-hybridized carbons (Fsp3) is 0.250. The number of imide groups is 1. The molecule has 0 aliphatic carbocycles. The summed E-state index contributed by atoms with van der Waals surface area (Å²) in [6.07, 6.45) is 7.13. The predicted octanol–water partition coefficient (Wildman–Crippen LogP) is 2.88. The monoisotopic (exact) mass is 361 g/mol. The second-order valence-corrected chi connectivity index (χ2v) is 6.53. The maximum absolute atomic E-state index is 12.3. The Labute approximate surface area is 156 Å². The number of hydrogen-bond donors (Lipinski definition) is 1. The summed E-state index contributed by atoms with van der Waals surface area (Å²) in [6.45, 7) is 0.468. The maximum Gasteiger partial charge on any atom is 0.261 e. The van der Waals surface area contributed by atoms with Gasteiger partial charge in [0.2, 0.25) is 0 Å². The fourth-order valence-corrected chi connectivity index (χ4v) is 3.27. The summed E-state index contributed by atoms with van der Waals surface area (Å²) in [7, 11) is 0. The molecule has 0 radical (unpaired) electrons. The molecule has 2 aromatic heterocycles. The Kier molecular flexibility index (Phi) is 4.74. The van der Waals surface area contributed by atoms with Gasteiger partial charge in [-0.25, -0.2) is 0 Å². The lowest BCUT2D eigenvalue weighted by Gasteiger charge is -2.13. The summed E-state index contributed by atoms with van der Waals surface area (Å²) in [4.78, 5) is 30.4. The lowest BCUT2D eigenvalue weighted by Crippen LogP contribution is -2.30. The van der Waals surface area contributed by atoms with E-state index in [1.54, 1.807) is 30.5 Å². The van der Waals surface area contributed by atoms with E-state index in [1.165, 1.54) is 4.90 Å². The highest BCUT2D eigenvalue weighted by molar-refractivity contribution is 6.21. The van der Waals surface area contributed by atoms with Gasteiger partial charge in [0.25, 0.3) is 11.8 Å². The maximum atomic E-state index is 12.3. The van der Waals surface area contributed by atoms with Crippen molar-refractivity contribution in [3.05, 3.63) is 65.5 Å². The normalized spacial score (nSPS) is 13.3. The molecule has 0 atom stereocenters. The summed E-state index contributed by atoms with van der Waals surface area (Å²) in [5, 5.41) is 10.4. The van der Waals surface area contributed by atoms with E-state index in [2.05, 4.69) is 20.4 Å². The quantitative estimate of drug-likeness (QED) is 0.516. The first-order valence-corrected chi connectivity index (χ1v) is 9.00. The third kappa shape index (κ3) is 3.48. The minimum atomic E-state index is -0.178. The number of hydrogen-bond acceptors (Lipinski definition) is 5. The van der Waals surface area contributed by atoms with Crippen molar-refractivity contribution in [3.8, 4) is 11.4 Å². The number of pyridine rings is 1. The van der Waals surface area contributed by atoms with Gasteiger partial charge in [0.1, 0.15) is 5.69 Å². The van der Waals surface area contributed by atoms with Crippen LogP contribution in [-0.4, -0.2) is 43.7 Å². The molecule has 3 heterocycles. The second kappa shape index (κ2) is 7.49. The van der Waals surface area contributed by atoms with Gasteiger partial charge >= 0.3 is 0 Å². The molecule has 0 saturated heterocycles. The molecule has 0 unspecified atom stereocenters. The Balaban J connectivity index is 1.23. The first kappa shape index (κ1) is 17.1. The van der Waals surface area contributed by atoms with E-state index in [0.717, 1.165) is 42.6 Å². The number of carbonyl (C=O) groups excluding carboxylic acids is 2. The Bertz CT molecular complexity index is 916. The number of aromatic amines is 1. The van der Waals surface area contributed by atoms with E-state index in [1.807, 2.05) is 18.3 Å². The minimum Gasteiger partial charge on any atom is -0.274 e. The first-order chi connectivity index (χ1) is 13.2. The Hall–Kier alpha value is -3.35.